The Kier molecular flexibility index (Phi) is 6.00. The van der Waals surface area contributed by atoms with Gasteiger partial charge in [-0.25, -0.2) is 0 Å². The highest BCUT2D eigenvalue weighted by molar-refractivity contribution is 6.12. The highest BCUT2D eigenvalue weighted by Gasteiger charge is 2.20. The minimum Gasteiger partial charge on any atom is -0.507 e. The van der Waals surface area contributed by atoms with Crippen LogP contribution in [0.25, 0.3) is 0 Å². The molecular formula is C19H20O6. The molecule has 0 unspecified atom stereocenters. The van der Waals surface area contributed by atoms with Crippen molar-refractivity contribution in [2.75, 3.05) is 13.7 Å². The molecule has 25 heavy (non-hydrogen) atoms. The zero-order valence-corrected chi connectivity index (χ0v) is 14.1. The van der Waals surface area contributed by atoms with E-state index in [-0.39, 0.29) is 41.3 Å². The van der Waals surface area contributed by atoms with Crippen LogP contribution >= 0.6 is 0 Å². The maximum absolute atomic E-state index is 12.4. The lowest BCUT2D eigenvalue weighted by Crippen LogP contribution is -2.15. The summed E-state index contributed by atoms with van der Waals surface area (Å²) in [6, 6.07) is 10.9. The molecule has 0 amide bonds. The number of phenolic OH excluding ortho intramolecular Hbond substituents is 2. The molecule has 2 aromatic rings. The summed E-state index contributed by atoms with van der Waals surface area (Å²) in [5, 5.41) is 20.2. The van der Waals surface area contributed by atoms with E-state index >= 15 is 0 Å². The predicted octanol–water partition coefficient (Wildman–Crippen LogP) is 2.91. The Morgan fingerprint density at radius 1 is 1.08 bits per heavy atom. The van der Waals surface area contributed by atoms with E-state index in [1.54, 1.807) is 37.3 Å². The molecule has 0 saturated heterocycles. The van der Waals surface area contributed by atoms with Crippen LogP contribution in [0, 0.1) is 5.92 Å². The molecule has 6 heteroatoms. The number of benzene rings is 2. The van der Waals surface area contributed by atoms with Gasteiger partial charge in [0.1, 0.15) is 22.8 Å². The molecule has 2 aromatic carbocycles. The maximum Gasteiger partial charge on any atom is 0.308 e. The van der Waals surface area contributed by atoms with Crippen LogP contribution in [0.15, 0.2) is 42.5 Å². The lowest BCUT2D eigenvalue weighted by Gasteiger charge is -2.12. The Morgan fingerprint density at radius 2 is 1.68 bits per heavy atom. The SMILES string of the molecule is COC(=O)[C@H](C)CCOc1cc(O)c(C(=O)c2ccccc2)c(O)c1. The number of phenols is 2. The fraction of sp³-hybridized carbons (Fsp3) is 0.263. The van der Waals surface area contributed by atoms with Gasteiger partial charge in [0.2, 0.25) is 5.78 Å². The van der Waals surface area contributed by atoms with Crippen molar-refractivity contribution < 1.29 is 29.3 Å². The van der Waals surface area contributed by atoms with Gasteiger partial charge in [-0.05, 0) is 6.42 Å². The van der Waals surface area contributed by atoms with E-state index in [4.69, 9.17) is 4.74 Å². The Bertz CT molecular complexity index is 731. The van der Waals surface area contributed by atoms with Crippen LogP contribution in [0.4, 0.5) is 0 Å². The Morgan fingerprint density at radius 3 is 2.24 bits per heavy atom. The molecule has 132 valence electrons. The van der Waals surface area contributed by atoms with E-state index in [2.05, 4.69) is 4.74 Å². The molecule has 0 aromatic heterocycles. The summed E-state index contributed by atoms with van der Waals surface area (Å²) < 4.78 is 10.1. The van der Waals surface area contributed by atoms with E-state index in [1.165, 1.54) is 19.2 Å². The quantitative estimate of drug-likeness (QED) is 0.592. The van der Waals surface area contributed by atoms with Gasteiger partial charge in [-0.3, -0.25) is 9.59 Å². The largest absolute Gasteiger partial charge is 0.507 e. The van der Waals surface area contributed by atoms with Crippen molar-refractivity contribution in [1.29, 1.82) is 0 Å². The van der Waals surface area contributed by atoms with Crippen molar-refractivity contribution >= 4 is 11.8 Å². The van der Waals surface area contributed by atoms with Crippen LogP contribution in [0.5, 0.6) is 17.2 Å². The third-order valence-electron chi connectivity index (χ3n) is 3.76. The fourth-order valence-electron chi connectivity index (χ4n) is 2.31. The van der Waals surface area contributed by atoms with Gasteiger partial charge < -0.3 is 19.7 Å². The lowest BCUT2D eigenvalue weighted by molar-refractivity contribution is -0.145. The molecule has 1 atom stereocenters. The standard InChI is InChI=1S/C19H20O6/c1-12(19(23)24-2)8-9-25-14-10-15(20)17(16(21)11-14)18(22)13-6-4-3-5-7-13/h3-7,10-12,20-21H,8-9H2,1-2H3/t12-/m1/s1. The summed E-state index contributed by atoms with van der Waals surface area (Å²) >= 11 is 0. The lowest BCUT2D eigenvalue weighted by atomic mass is 10.0. The molecule has 0 saturated carbocycles. The van der Waals surface area contributed by atoms with Gasteiger partial charge in [-0.1, -0.05) is 37.3 Å². The Hall–Kier alpha value is -3.02. The predicted molar refractivity (Wildman–Crippen MR) is 90.9 cm³/mol. The molecule has 0 aliphatic rings. The van der Waals surface area contributed by atoms with Gasteiger partial charge in [0.15, 0.2) is 0 Å². The zero-order chi connectivity index (χ0) is 18.4. The first-order valence-corrected chi connectivity index (χ1v) is 7.80. The van der Waals surface area contributed by atoms with Crippen LogP contribution in [0.3, 0.4) is 0 Å². The molecule has 0 aliphatic heterocycles. The summed E-state index contributed by atoms with van der Waals surface area (Å²) in [5.74, 6) is -1.68. The number of aromatic hydroxyl groups is 2. The Labute approximate surface area is 145 Å². The summed E-state index contributed by atoms with van der Waals surface area (Å²) in [6.45, 7) is 1.91. The molecule has 6 nitrogen and oxygen atoms in total. The van der Waals surface area contributed by atoms with Crippen LogP contribution < -0.4 is 4.74 Å². The molecule has 0 heterocycles. The van der Waals surface area contributed by atoms with Gasteiger partial charge in [-0.2, -0.15) is 0 Å². The van der Waals surface area contributed by atoms with Gasteiger partial charge in [0.25, 0.3) is 0 Å². The summed E-state index contributed by atoms with van der Waals surface area (Å²) in [6.07, 6.45) is 0.416. The number of hydrogen-bond acceptors (Lipinski definition) is 6. The molecule has 0 radical (unpaired) electrons. The third kappa shape index (κ3) is 4.50. The van der Waals surface area contributed by atoms with Gasteiger partial charge in [-0.15, -0.1) is 0 Å². The van der Waals surface area contributed by atoms with Crippen molar-refractivity contribution in [3.63, 3.8) is 0 Å². The molecule has 0 fully saturated rings. The average molecular weight is 344 g/mol. The fourth-order valence-corrected chi connectivity index (χ4v) is 2.31. The van der Waals surface area contributed by atoms with E-state index in [0.717, 1.165) is 0 Å². The van der Waals surface area contributed by atoms with E-state index < -0.39 is 5.78 Å². The van der Waals surface area contributed by atoms with Crippen molar-refractivity contribution in [3.8, 4) is 17.2 Å². The van der Waals surface area contributed by atoms with Crippen molar-refractivity contribution in [2.24, 2.45) is 5.92 Å². The van der Waals surface area contributed by atoms with Crippen molar-refractivity contribution in [2.45, 2.75) is 13.3 Å². The number of ether oxygens (including phenoxy) is 2. The second-order valence-corrected chi connectivity index (χ2v) is 5.59. The highest BCUT2D eigenvalue weighted by atomic mass is 16.5. The highest BCUT2D eigenvalue weighted by Crippen LogP contribution is 2.34. The molecule has 0 aliphatic carbocycles. The van der Waals surface area contributed by atoms with Crippen LogP contribution in [-0.4, -0.2) is 35.7 Å². The number of methoxy groups -OCH3 is 1. The number of carbonyl (C=O) groups excluding carboxylic acids is 2. The van der Waals surface area contributed by atoms with Gasteiger partial charge in [0, 0.05) is 17.7 Å². The average Bonchev–Trinajstić information content (AvgIpc) is 2.61. The van der Waals surface area contributed by atoms with Crippen molar-refractivity contribution in [1.82, 2.24) is 0 Å². The van der Waals surface area contributed by atoms with Gasteiger partial charge in [0.05, 0.1) is 19.6 Å². The third-order valence-corrected chi connectivity index (χ3v) is 3.76. The number of esters is 1. The number of ketones is 1. The first-order chi connectivity index (χ1) is 11.9. The summed E-state index contributed by atoms with van der Waals surface area (Å²) in [5.41, 5.74) is 0.176. The van der Waals surface area contributed by atoms with Gasteiger partial charge >= 0.3 is 5.97 Å². The summed E-state index contributed by atoms with van der Waals surface area (Å²) in [4.78, 5) is 23.7. The van der Waals surface area contributed by atoms with Crippen LogP contribution in [-0.2, 0) is 9.53 Å². The topological polar surface area (TPSA) is 93.1 Å². The minimum absolute atomic E-state index is 0.179. The number of rotatable bonds is 7. The zero-order valence-electron chi connectivity index (χ0n) is 14.1. The molecule has 2 rings (SSSR count). The molecule has 0 bridgehead atoms. The Balaban J connectivity index is 2.10. The first kappa shape index (κ1) is 18.3. The second kappa shape index (κ2) is 8.19. The smallest absolute Gasteiger partial charge is 0.308 e. The number of carbonyl (C=O) groups is 2. The van der Waals surface area contributed by atoms with Crippen LogP contribution in [0.2, 0.25) is 0 Å². The second-order valence-electron chi connectivity index (χ2n) is 5.59. The number of hydrogen-bond donors (Lipinski definition) is 2. The van der Waals surface area contributed by atoms with E-state index in [0.29, 0.717) is 12.0 Å². The minimum atomic E-state index is -0.485. The van der Waals surface area contributed by atoms with E-state index in [1.807, 2.05) is 0 Å². The normalized spacial score (nSPS) is 11.6. The molecule has 2 N–H and O–H groups in total. The van der Waals surface area contributed by atoms with Crippen molar-refractivity contribution in [3.05, 3.63) is 53.6 Å². The van der Waals surface area contributed by atoms with Crippen LogP contribution in [0.1, 0.15) is 29.3 Å². The molecular weight excluding hydrogens is 324 g/mol. The monoisotopic (exact) mass is 344 g/mol. The van der Waals surface area contributed by atoms with E-state index in [9.17, 15) is 19.8 Å². The summed E-state index contributed by atoms with van der Waals surface area (Å²) in [7, 11) is 1.32. The molecule has 0 spiro atoms. The first-order valence-electron chi connectivity index (χ1n) is 7.80. The maximum atomic E-state index is 12.4.